The van der Waals surface area contributed by atoms with Crippen molar-refractivity contribution < 1.29 is 4.74 Å². The van der Waals surface area contributed by atoms with Gasteiger partial charge in [0.15, 0.2) is 0 Å². The summed E-state index contributed by atoms with van der Waals surface area (Å²) in [4.78, 5) is 8.65. The zero-order valence-electron chi connectivity index (χ0n) is 11.6. The number of nitrogens with zero attached hydrogens (tertiary/aromatic N) is 2. The van der Waals surface area contributed by atoms with Crippen molar-refractivity contribution in [2.24, 2.45) is 0 Å². The van der Waals surface area contributed by atoms with E-state index in [1.54, 1.807) is 13.3 Å². The molecule has 2 aromatic heterocycles. The number of hydrogen-bond acceptors (Lipinski definition) is 4. The van der Waals surface area contributed by atoms with Crippen molar-refractivity contribution in [3.63, 3.8) is 0 Å². The zero-order chi connectivity index (χ0) is 13.7. The maximum Gasteiger partial charge on any atom is 0.142 e. The lowest BCUT2D eigenvalue weighted by atomic mass is 9.97. The van der Waals surface area contributed by atoms with Crippen molar-refractivity contribution in [3.05, 3.63) is 53.6 Å². The van der Waals surface area contributed by atoms with Crippen LogP contribution in [0, 0.1) is 0 Å². The van der Waals surface area contributed by atoms with Crippen LogP contribution in [0.1, 0.15) is 29.8 Å². The van der Waals surface area contributed by atoms with Crippen molar-refractivity contribution in [3.8, 4) is 5.75 Å². The highest BCUT2D eigenvalue weighted by atomic mass is 16.5. The van der Waals surface area contributed by atoms with E-state index in [9.17, 15) is 0 Å². The first-order chi connectivity index (χ1) is 9.31. The van der Waals surface area contributed by atoms with Crippen LogP contribution in [0.4, 0.5) is 0 Å². The molecule has 0 bridgehead atoms. The normalized spacial score (nSPS) is 12.2. The van der Waals surface area contributed by atoms with Crippen molar-refractivity contribution >= 4 is 0 Å². The second-order valence-corrected chi connectivity index (χ2v) is 4.24. The van der Waals surface area contributed by atoms with Gasteiger partial charge in [-0.1, -0.05) is 6.92 Å². The van der Waals surface area contributed by atoms with Crippen LogP contribution in [-0.4, -0.2) is 24.1 Å². The Kier molecular flexibility index (Phi) is 4.47. The molecule has 0 aromatic carbocycles. The van der Waals surface area contributed by atoms with E-state index in [0.29, 0.717) is 0 Å². The van der Waals surface area contributed by atoms with Gasteiger partial charge in [0.25, 0.3) is 0 Å². The fourth-order valence-electron chi connectivity index (χ4n) is 2.25. The van der Waals surface area contributed by atoms with Crippen LogP contribution < -0.4 is 10.1 Å². The Morgan fingerprint density at radius 3 is 2.84 bits per heavy atom. The summed E-state index contributed by atoms with van der Waals surface area (Å²) in [7, 11) is 3.60. The number of methoxy groups -OCH3 is 1. The van der Waals surface area contributed by atoms with Gasteiger partial charge in [-0.15, -0.1) is 0 Å². The predicted molar refractivity (Wildman–Crippen MR) is 75.3 cm³/mol. The molecule has 1 unspecified atom stereocenters. The number of rotatable bonds is 5. The molecule has 0 amide bonds. The standard InChI is InChI=1S/C15H19N3O/c1-4-11-10-17-9-7-12(11)14(16-2)15-13(19-3)6-5-8-18-15/h5-10,14,16H,4H2,1-3H3. The summed E-state index contributed by atoms with van der Waals surface area (Å²) in [5, 5.41) is 3.31. The first kappa shape index (κ1) is 13.5. The summed E-state index contributed by atoms with van der Waals surface area (Å²) in [5.41, 5.74) is 3.31. The van der Waals surface area contributed by atoms with Crippen LogP contribution in [0.2, 0.25) is 0 Å². The number of ether oxygens (including phenoxy) is 1. The average Bonchev–Trinajstić information content (AvgIpc) is 2.49. The van der Waals surface area contributed by atoms with Crippen molar-refractivity contribution in [2.45, 2.75) is 19.4 Å². The molecule has 0 saturated carbocycles. The number of hydrogen-bond donors (Lipinski definition) is 1. The summed E-state index contributed by atoms with van der Waals surface area (Å²) < 4.78 is 5.41. The summed E-state index contributed by atoms with van der Waals surface area (Å²) in [6.45, 7) is 2.13. The van der Waals surface area contributed by atoms with Gasteiger partial charge in [0, 0.05) is 18.6 Å². The van der Waals surface area contributed by atoms with E-state index in [1.807, 2.05) is 37.6 Å². The maximum atomic E-state index is 5.41. The molecular formula is C15H19N3O. The second kappa shape index (κ2) is 6.29. The van der Waals surface area contributed by atoms with Crippen molar-refractivity contribution in [1.82, 2.24) is 15.3 Å². The smallest absolute Gasteiger partial charge is 0.142 e. The molecular weight excluding hydrogens is 238 g/mol. The Morgan fingerprint density at radius 2 is 2.16 bits per heavy atom. The van der Waals surface area contributed by atoms with E-state index in [-0.39, 0.29) is 6.04 Å². The van der Waals surface area contributed by atoms with E-state index < -0.39 is 0 Å². The van der Waals surface area contributed by atoms with Gasteiger partial charge in [0.05, 0.1) is 13.2 Å². The molecule has 2 heterocycles. The van der Waals surface area contributed by atoms with Crippen LogP contribution in [0.5, 0.6) is 5.75 Å². The molecule has 100 valence electrons. The molecule has 0 aliphatic heterocycles. The van der Waals surface area contributed by atoms with E-state index in [2.05, 4.69) is 22.2 Å². The molecule has 2 rings (SSSR count). The van der Waals surface area contributed by atoms with Crippen LogP contribution in [0.15, 0.2) is 36.8 Å². The third kappa shape index (κ3) is 2.74. The maximum absolute atomic E-state index is 5.41. The number of aromatic nitrogens is 2. The summed E-state index contributed by atoms with van der Waals surface area (Å²) >= 11 is 0. The molecule has 4 nitrogen and oxygen atoms in total. The van der Waals surface area contributed by atoms with Crippen molar-refractivity contribution in [1.29, 1.82) is 0 Å². The molecule has 2 aromatic rings. The van der Waals surface area contributed by atoms with Gasteiger partial charge in [0.2, 0.25) is 0 Å². The van der Waals surface area contributed by atoms with E-state index in [0.717, 1.165) is 17.9 Å². The molecule has 0 radical (unpaired) electrons. The fourth-order valence-corrected chi connectivity index (χ4v) is 2.25. The fraction of sp³-hybridized carbons (Fsp3) is 0.333. The van der Waals surface area contributed by atoms with Gasteiger partial charge >= 0.3 is 0 Å². The minimum Gasteiger partial charge on any atom is -0.495 e. The largest absolute Gasteiger partial charge is 0.495 e. The number of aryl methyl sites for hydroxylation is 1. The third-order valence-corrected chi connectivity index (χ3v) is 3.21. The lowest BCUT2D eigenvalue weighted by Gasteiger charge is -2.20. The summed E-state index contributed by atoms with van der Waals surface area (Å²) in [6.07, 6.45) is 6.45. The SMILES string of the molecule is CCc1cnccc1C(NC)c1ncccc1OC. The first-order valence-electron chi connectivity index (χ1n) is 6.40. The van der Waals surface area contributed by atoms with Crippen LogP contribution in [0.3, 0.4) is 0 Å². The lowest BCUT2D eigenvalue weighted by molar-refractivity contribution is 0.401. The molecule has 0 aliphatic rings. The minimum atomic E-state index is 0.00843. The Morgan fingerprint density at radius 1 is 1.32 bits per heavy atom. The topological polar surface area (TPSA) is 47.0 Å². The van der Waals surface area contributed by atoms with Crippen LogP contribution in [0.25, 0.3) is 0 Å². The van der Waals surface area contributed by atoms with Gasteiger partial charge in [-0.2, -0.15) is 0 Å². The predicted octanol–water partition coefficient (Wildman–Crippen LogP) is 2.36. The molecule has 1 N–H and O–H groups in total. The molecule has 1 atom stereocenters. The van der Waals surface area contributed by atoms with Crippen LogP contribution >= 0.6 is 0 Å². The Hall–Kier alpha value is -1.94. The molecule has 4 heteroatoms. The first-order valence-corrected chi connectivity index (χ1v) is 6.40. The van der Waals surface area contributed by atoms with E-state index in [4.69, 9.17) is 4.74 Å². The van der Waals surface area contributed by atoms with Crippen LogP contribution in [-0.2, 0) is 6.42 Å². The number of nitrogens with one attached hydrogen (secondary N) is 1. The van der Waals surface area contributed by atoms with E-state index in [1.165, 1.54) is 11.1 Å². The monoisotopic (exact) mass is 257 g/mol. The minimum absolute atomic E-state index is 0.00843. The Balaban J connectivity index is 2.50. The zero-order valence-corrected chi connectivity index (χ0v) is 11.6. The quantitative estimate of drug-likeness (QED) is 0.893. The second-order valence-electron chi connectivity index (χ2n) is 4.24. The number of pyridine rings is 2. The Bertz CT molecular complexity index is 495. The summed E-state index contributed by atoms with van der Waals surface area (Å²) in [6, 6.07) is 5.85. The third-order valence-electron chi connectivity index (χ3n) is 3.21. The summed E-state index contributed by atoms with van der Waals surface area (Å²) in [5.74, 6) is 0.792. The van der Waals surface area contributed by atoms with Crippen molar-refractivity contribution in [2.75, 3.05) is 14.2 Å². The highest BCUT2D eigenvalue weighted by molar-refractivity contribution is 5.39. The molecule has 0 aliphatic carbocycles. The van der Waals surface area contributed by atoms with Gasteiger partial charge in [-0.05, 0) is 42.8 Å². The van der Waals surface area contributed by atoms with Gasteiger partial charge in [0.1, 0.15) is 11.4 Å². The molecule has 0 spiro atoms. The average molecular weight is 257 g/mol. The van der Waals surface area contributed by atoms with Gasteiger partial charge in [-0.25, -0.2) is 0 Å². The highest BCUT2D eigenvalue weighted by Gasteiger charge is 2.19. The lowest BCUT2D eigenvalue weighted by Crippen LogP contribution is -2.21. The van der Waals surface area contributed by atoms with E-state index >= 15 is 0 Å². The van der Waals surface area contributed by atoms with Gasteiger partial charge < -0.3 is 10.1 Å². The molecule has 0 saturated heterocycles. The molecule has 0 fully saturated rings. The Labute approximate surface area is 113 Å². The van der Waals surface area contributed by atoms with Gasteiger partial charge in [-0.3, -0.25) is 9.97 Å². The molecule has 19 heavy (non-hydrogen) atoms. The highest BCUT2D eigenvalue weighted by Crippen LogP contribution is 2.29.